The highest BCUT2D eigenvalue weighted by atomic mass is 16.5. The predicted octanol–water partition coefficient (Wildman–Crippen LogP) is 4.08. The lowest BCUT2D eigenvalue weighted by Gasteiger charge is -2.12. The second kappa shape index (κ2) is 8.26. The zero-order valence-corrected chi connectivity index (χ0v) is 19.0. The Hall–Kier alpha value is -4.27. The van der Waals surface area contributed by atoms with Crippen molar-refractivity contribution in [3.05, 3.63) is 77.9 Å². The van der Waals surface area contributed by atoms with Gasteiger partial charge in [-0.3, -0.25) is 4.68 Å². The number of aromatic nitrogens is 7. The summed E-state index contributed by atoms with van der Waals surface area (Å²) in [6.07, 6.45) is 5.24. The van der Waals surface area contributed by atoms with Crippen molar-refractivity contribution in [3.8, 4) is 17.1 Å². The Bertz CT molecular complexity index is 1470. The third-order valence-electron chi connectivity index (χ3n) is 6.19. The molecule has 0 radical (unpaired) electrons. The van der Waals surface area contributed by atoms with Crippen molar-refractivity contribution < 1.29 is 4.74 Å². The van der Waals surface area contributed by atoms with E-state index >= 15 is 0 Å². The number of hydrogen-bond acceptors (Lipinski definition) is 7. The molecule has 0 saturated carbocycles. The van der Waals surface area contributed by atoms with Crippen molar-refractivity contribution in [2.24, 2.45) is 7.05 Å². The Morgan fingerprint density at radius 1 is 1.06 bits per heavy atom. The van der Waals surface area contributed by atoms with Gasteiger partial charge in [-0.2, -0.15) is 5.10 Å². The zero-order chi connectivity index (χ0) is 23.1. The smallest absolute Gasteiger partial charge is 0.228 e. The first-order chi connectivity index (χ1) is 16.6. The molecule has 1 atom stereocenters. The van der Waals surface area contributed by atoms with Gasteiger partial charge in [-0.05, 0) is 37.5 Å². The van der Waals surface area contributed by atoms with Crippen LogP contribution >= 0.6 is 0 Å². The van der Waals surface area contributed by atoms with E-state index in [4.69, 9.17) is 9.72 Å². The summed E-state index contributed by atoms with van der Waals surface area (Å²) in [4.78, 5) is 9.03. The van der Waals surface area contributed by atoms with Gasteiger partial charge >= 0.3 is 0 Å². The maximum absolute atomic E-state index is 6.17. The average Bonchev–Trinajstić information content (AvgIpc) is 3.41. The third-order valence-corrected chi connectivity index (χ3v) is 6.19. The van der Waals surface area contributed by atoms with E-state index in [1.165, 1.54) is 11.1 Å². The van der Waals surface area contributed by atoms with Crippen molar-refractivity contribution in [2.75, 3.05) is 11.9 Å². The highest BCUT2D eigenvalue weighted by molar-refractivity contribution is 5.67. The van der Waals surface area contributed by atoms with Gasteiger partial charge in [-0.15, -0.1) is 10.2 Å². The number of aryl methyl sites for hydroxylation is 2. The molecule has 1 aromatic carbocycles. The summed E-state index contributed by atoms with van der Waals surface area (Å²) in [5.41, 5.74) is 4.97. The fourth-order valence-corrected chi connectivity index (χ4v) is 4.35. The Morgan fingerprint density at radius 2 is 1.94 bits per heavy atom. The van der Waals surface area contributed by atoms with E-state index in [1.807, 2.05) is 35.7 Å². The number of nitrogens with one attached hydrogen (secondary N) is 1. The highest BCUT2D eigenvalue weighted by Crippen LogP contribution is 2.33. The lowest BCUT2D eigenvalue weighted by atomic mass is 9.95. The van der Waals surface area contributed by atoms with Gasteiger partial charge in [0.15, 0.2) is 5.65 Å². The molecule has 170 valence electrons. The molecule has 9 nitrogen and oxygen atoms in total. The summed E-state index contributed by atoms with van der Waals surface area (Å²) in [5, 5.41) is 16.4. The van der Waals surface area contributed by atoms with Gasteiger partial charge in [0.1, 0.15) is 11.6 Å². The Labute approximate surface area is 196 Å². The molecule has 0 fully saturated rings. The molecule has 6 rings (SSSR count). The maximum Gasteiger partial charge on any atom is 0.228 e. The molecular weight excluding hydrogens is 428 g/mol. The first-order valence-electron chi connectivity index (χ1n) is 11.3. The van der Waals surface area contributed by atoms with Crippen LogP contribution in [0.1, 0.15) is 29.3 Å². The Morgan fingerprint density at radius 3 is 2.76 bits per heavy atom. The lowest BCUT2D eigenvalue weighted by molar-refractivity contribution is 0.296. The van der Waals surface area contributed by atoms with E-state index in [0.29, 0.717) is 12.6 Å². The van der Waals surface area contributed by atoms with E-state index in [0.717, 1.165) is 47.3 Å². The van der Waals surface area contributed by atoms with Crippen molar-refractivity contribution in [2.45, 2.75) is 25.7 Å². The summed E-state index contributed by atoms with van der Waals surface area (Å²) < 4.78 is 9.94. The van der Waals surface area contributed by atoms with Crippen LogP contribution in [0.2, 0.25) is 0 Å². The number of benzene rings is 1. The molecule has 0 spiro atoms. The summed E-state index contributed by atoms with van der Waals surface area (Å²) in [6.45, 7) is 2.73. The van der Waals surface area contributed by atoms with Gasteiger partial charge in [0.25, 0.3) is 0 Å². The standard InChI is InChI=1S/C25H24N8O/c1-16-3-5-17(6-4-16)13-18-9-12-34-23-15-19(14-22-30-31-24(18)33(22)23)20-7-10-26-25(28-20)29-21-8-11-27-32(21)2/h3-8,10-11,14-15,18H,9,12-13H2,1-2H3,(H,26,28,29). The van der Waals surface area contributed by atoms with Crippen LogP contribution < -0.4 is 10.1 Å². The van der Waals surface area contributed by atoms with Crippen LogP contribution in [0.25, 0.3) is 16.9 Å². The molecule has 34 heavy (non-hydrogen) atoms. The summed E-state index contributed by atoms with van der Waals surface area (Å²) in [7, 11) is 1.86. The normalized spacial score (nSPS) is 15.2. The molecule has 5 heterocycles. The van der Waals surface area contributed by atoms with Crippen LogP contribution in [-0.2, 0) is 13.5 Å². The SMILES string of the molecule is Cc1ccc(CC2CCOc3cc(-c4ccnc(Nc5ccnn5C)n4)cc4nnc2n34)cc1. The topological polar surface area (TPSA) is 95.0 Å². The summed E-state index contributed by atoms with van der Waals surface area (Å²) >= 11 is 0. The van der Waals surface area contributed by atoms with Gasteiger partial charge in [0, 0.05) is 36.9 Å². The van der Waals surface area contributed by atoms with Crippen molar-refractivity contribution >= 4 is 17.4 Å². The Kier molecular flexibility index (Phi) is 4.94. The van der Waals surface area contributed by atoms with Gasteiger partial charge in [0.05, 0.1) is 18.5 Å². The first kappa shape index (κ1) is 20.3. The number of nitrogens with zero attached hydrogens (tertiary/aromatic N) is 7. The van der Waals surface area contributed by atoms with Crippen LogP contribution in [0.5, 0.6) is 5.88 Å². The van der Waals surface area contributed by atoms with Crippen LogP contribution in [0, 0.1) is 6.92 Å². The van der Waals surface area contributed by atoms with Crippen molar-refractivity contribution in [1.29, 1.82) is 0 Å². The monoisotopic (exact) mass is 452 g/mol. The molecule has 9 heteroatoms. The minimum Gasteiger partial charge on any atom is -0.478 e. The van der Waals surface area contributed by atoms with Crippen LogP contribution in [0.3, 0.4) is 0 Å². The van der Waals surface area contributed by atoms with Gasteiger partial charge in [-0.25, -0.2) is 14.4 Å². The molecule has 1 aliphatic heterocycles. The third kappa shape index (κ3) is 3.75. The minimum absolute atomic E-state index is 0.235. The zero-order valence-electron chi connectivity index (χ0n) is 19.0. The quantitative estimate of drug-likeness (QED) is 0.429. The molecular formula is C25H24N8O. The molecule has 0 bridgehead atoms. The first-order valence-corrected chi connectivity index (χ1v) is 11.3. The minimum atomic E-state index is 0.235. The molecule has 1 aliphatic rings. The van der Waals surface area contributed by atoms with Crippen molar-refractivity contribution in [3.63, 3.8) is 0 Å². The second-order valence-corrected chi connectivity index (χ2v) is 8.59. The average molecular weight is 453 g/mol. The van der Waals surface area contributed by atoms with Gasteiger partial charge in [-0.1, -0.05) is 29.8 Å². The number of rotatable bonds is 5. The molecule has 0 aliphatic carbocycles. The second-order valence-electron chi connectivity index (χ2n) is 8.59. The van der Waals surface area contributed by atoms with E-state index in [1.54, 1.807) is 17.1 Å². The lowest BCUT2D eigenvalue weighted by Crippen LogP contribution is -2.08. The van der Waals surface area contributed by atoms with E-state index in [9.17, 15) is 0 Å². The fourth-order valence-electron chi connectivity index (χ4n) is 4.35. The molecule has 0 saturated heterocycles. The number of hydrogen-bond donors (Lipinski definition) is 1. The van der Waals surface area contributed by atoms with E-state index in [2.05, 4.69) is 56.8 Å². The molecule has 4 aromatic heterocycles. The highest BCUT2D eigenvalue weighted by Gasteiger charge is 2.25. The summed E-state index contributed by atoms with van der Waals surface area (Å²) in [5.74, 6) is 3.21. The fraction of sp³-hybridized carbons (Fsp3) is 0.240. The maximum atomic E-state index is 6.17. The van der Waals surface area contributed by atoms with Crippen LogP contribution in [0.4, 0.5) is 11.8 Å². The molecule has 1 N–H and O–H groups in total. The number of ether oxygens (including phenoxy) is 1. The molecule has 1 unspecified atom stereocenters. The van der Waals surface area contributed by atoms with Crippen LogP contribution in [0.15, 0.2) is 60.9 Å². The van der Waals surface area contributed by atoms with Crippen molar-refractivity contribution in [1.82, 2.24) is 34.3 Å². The summed E-state index contributed by atoms with van der Waals surface area (Å²) in [6, 6.07) is 16.4. The van der Waals surface area contributed by atoms with Crippen LogP contribution in [-0.4, -0.2) is 41.0 Å². The molecule has 0 amide bonds. The van der Waals surface area contributed by atoms with E-state index in [-0.39, 0.29) is 5.92 Å². The number of anilines is 2. The van der Waals surface area contributed by atoms with E-state index < -0.39 is 0 Å². The largest absolute Gasteiger partial charge is 0.478 e. The predicted molar refractivity (Wildman–Crippen MR) is 128 cm³/mol. The van der Waals surface area contributed by atoms with Gasteiger partial charge in [0.2, 0.25) is 11.8 Å². The molecule has 5 aromatic rings. The van der Waals surface area contributed by atoms with Gasteiger partial charge < -0.3 is 10.1 Å². The Balaban J connectivity index is 1.34. The number of pyridine rings is 1.